The zero-order chi connectivity index (χ0) is 30.3. The van der Waals surface area contributed by atoms with Crippen molar-refractivity contribution in [3.05, 3.63) is 58.7 Å². The molecule has 2 saturated carbocycles. The third-order valence-corrected chi connectivity index (χ3v) is 10.0. The predicted octanol–water partition coefficient (Wildman–Crippen LogP) is 4.76. The average Bonchev–Trinajstić information content (AvgIpc) is 3.65. The van der Waals surface area contributed by atoms with Gasteiger partial charge in [-0.15, -0.1) is 5.10 Å². The first-order valence-electron chi connectivity index (χ1n) is 15.6. The van der Waals surface area contributed by atoms with Gasteiger partial charge < -0.3 is 15.0 Å². The van der Waals surface area contributed by atoms with Crippen LogP contribution < -0.4 is 11.0 Å². The van der Waals surface area contributed by atoms with Crippen LogP contribution in [0.2, 0.25) is 0 Å². The van der Waals surface area contributed by atoms with E-state index in [0.29, 0.717) is 48.3 Å². The molecule has 5 aromatic rings. The van der Waals surface area contributed by atoms with Crippen LogP contribution in [-0.2, 0) is 30.0 Å². The molecule has 0 saturated heterocycles. The Morgan fingerprint density at radius 1 is 1.18 bits per heavy atom. The number of halogens is 1. The molecular weight excluding hydrogens is 561 g/mol. The molecule has 44 heavy (non-hydrogen) atoms. The summed E-state index contributed by atoms with van der Waals surface area (Å²) in [5, 5.41) is 8.09. The van der Waals surface area contributed by atoms with Crippen LogP contribution >= 0.6 is 0 Å². The van der Waals surface area contributed by atoms with Gasteiger partial charge in [-0.2, -0.15) is 4.39 Å². The molecule has 0 radical (unpaired) electrons. The van der Waals surface area contributed by atoms with Crippen molar-refractivity contribution in [1.29, 1.82) is 0 Å². The van der Waals surface area contributed by atoms with Gasteiger partial charge in [0, 0.05) is 44.4 Å². The number of aromatic nitrogens is 6. The van der Waals surface area contributed by atoms with E-state index in [0.717, 1.165) is 47.7 Å². The summed E-state index contributed by atoms with van der Waals surface area (Å²) in [6.07, 6.45) is 8.62. The molecule has 228 valence electrons. The van der Waals surface area contributed by atoms with E-state index in [1.165, 1.54) is 10.2 Å². The van der Waals surface area contributed by atoms with Crippen LogP contribution in [0.4, 0.5) is 4.39 Å². The van der Waals surface area contributed by atoms with E-state index in [1.54, 1.807) is 31.1 Å². The molecule has 10 nitrogen and oxygen atoms in total. The van der Waals surface area contributed by atoms with Gasteiger partial charge in [-0.3, -0.25) is 18.6 Å². The monoisotopic (exact) mass is 597 g/mol. The Bertz CT molecular complexity index is 2000. The van der Waals surface area contributed by atoms with E-state index in [2.05, 4.69) is 46.6 Å². The Labute approximate surface area is 253 Å². The maximum atomic E-state index is 15.2. The SMILES string of the molecule is Cn1cc(-c2[nH]c3ncc4c5c3c2-c2ccc(cc2)CCCO[C@@H]2CC(CC[C@]2(C)NC(=O)C2CC2)n5c(=O)n4C)c(F)n1. The number of aryl methyl sites for hydroxylation is 3. The lowest BCUT2D eigenvalue weighted by atomic mass is 9.77. The number of benzene rings is 1. The van der Waals surface area contributed by atoms with Crippen molar-refractivity contribution in [2.45, 2.75) is 69.6 Å². The van der Waals surface area contributed by atoms with Crippen molar-refractivity contribution in [1.82, 2.24) is 34.2 Å². The Balaban J connectivity index is 1.37. The smallest absolute Gasteiger partial charge is 0.329 e. The van der Waals surface area contributed by atoms with E-state index >= 15 is 4.39 Å². The minimum absolute atomic E-state index is 0.0990. The number of pyridine rings is 1. The van der Waals surface area contributed by atoms with E-state index in [-0.39, 0.29) is 29.7 Å². The number of carbonyl (C=O) groups excluding carboxylic acids is 1. The van der Waals surface area contributed by atoms with Gasteiger partial charge in [-0.25, -0.2) is 9.78 Å². The molecule has 1 aromatic carbocycles. The first-order valence-corrected chi connectivity index (χ1v) is 15.6. The van der Waals surface area contributed by atoms with Crippen molar-refractivity contribution in [2.75, 3.05) is 6.61 Å². The molecule has 2 aliphatic carbocycles. The lowest BCUT2D eigenvalue weighted by Gasteiger charge is -2.45. The summed E-state index contributed by atoms with van der Waals surface area (Å²) in [5.41, 5.74) is 5.16. The lowest BCUT2D eigenvalue weighted by molar-refractivity contribution is -0.128. The summed E-state index contributed by atoms with van der Waals surface area (Å²) < 4.78 is 26.8. The zero-order valence-electron chi connectivity index (χ0n) is 25.2. The standard InChI is InChI=1S/C33H36FN7O3/c1-33(37-31(42)20-10-11-20)13-12-21-15-24(33)44-14-4-5-18-6-8-19(9-7-18)25-26-28-23(40(3)32(43)41(21)28)16-35-30(26)36-27(25)22-17-39(2)38-29(22)34/h6-9,16-17,20-21,24H,4-5,10-15H2,1-3H3,(H,35,36)(H,37,42)/t21?,24-,33+/m1/s1. The highest BCUT2D eigenvalue weighted by Crippen LogP contribution is 2.44. The molecule has 9 rings (SSSR count). The van der Waals surface area contributed by atoms with E-state index in [1.807, 2.05) is 4.57 Å². The number of fused-ring (bicyclic) bond motifs is 5. The maximum absolute atomic E-state index is 15.2. The second-order valence-electron chi connectivity index (χ2n) is 13.1. The number of nitrogens with one attached hydrogen (secondary N) is 2. The average molecular weight is 598 g/mol. The molecule has 0 spiro atoms. The molecule has 6 heterocycles. The molecule has 1 unspecified atom stereocenters. The van der Waals surface area contributed by atoms with Crippen LogP contribution in [0.1, 0.15) is 57.1 Å². The van der Waals surface area contributed by atoms with Crippen molar-refractivity contribution in [2.24, 2.45) is 20.0 Å². The van der Waals surface area contributed by atoms with Crippen LogP contribution in [0.5, 0.6) is 0 Å². The normalized spacial score (nSPS) is 23.7. The first-order chi connectivity index (χ1) is 21.2. The number of rotatable bonds is 3. The third kappa shape index (κ3) is 4.23. The fourth-order valence-corrected chi connectivity index (χ4v) is 7.39. The summed E-state index contributed by atoms with van der Waals surface area (Å²) >= 11 is 0. The molecule has 4 bridgehead atoms. The number of H-pyrrole nitrogens is 1. The fourth-order valence-electron chi connectivity index (χ4n) is 7.39. The Morgan fingerprint density at radius 2 is 1.98 bits per heavy atom. The van der Waals surface area contributed by atoms with Crippen molar-refractivity contribution in [3.8, 4) is 22.4 Å². The van der Waals surface area contributed by atoms with Crippen LogP contribution in [0, 0.1) is 11.9 Å². The van der Waals surface area contributed by atoms with E-state index in [9.17, 15) is 9.59 Å². The molecule has 1 amide bonds. The summed E-state index contributed by atoms with van der Waals surface area (Å²) in [4.78, 5) is 35.2. The van der Waals surface area contributed by atoms with Crippen LogP contribution in [-0.4, -0.2) is 53.0 Å². The van der Waals surface area contributed by atoms with Gasteiger partial charge >= 0.3 is 5.69 Å². The van der Waals surface area contributed by atoms with Gasteiger partial charge in [0.2, 0.25) is 11.9 Å². The highest BCUT2D eigenvalue weighted by Gasteiger charge is 2.45. The molecule has 4 aliphatic rings. The largest absolute Gasteiger partial charge is 0.376 e. The molecule has 2 fully saturated rings. The summed E-state index contributed by atoms with van der Waals surface area (Å²) in [6, 6.07) is 8.15. The molecule has 11 heteroatoms. The van der Waals surface area contributed by atoms with Crippen LogP contribution in [0.25, 0.3) is 44.5 Å². The number of amides is 1. The van der Waals surface area contributed by atoms with Crippen molar-refractivity contribution < 1.29 is 13.9 Å². The number of aromatic amines is 1. The molecule has 3 atom stereocenters. The zero-order valence-corrected chi connectivity index (χ0v) is 25.2. The summed E-state index contributed by atoms with van der Waals surface area (Å²) in [6.45, 7) is 2.64. The minimum Gasteiger partial charge on any atom is -0.376 e. The van der Waals surface area contributed by atoms with Gasteiger partial charge in [0.25, 0.3) is 0 Å². The highest BCUT2D eigenvalue weighted by molar-refractivity contribution is 6.14. The molecule has 2 aliphatic heterocycles. The molecule has 2 N–H and O–H groups in total. The summed E-state index contributed by atoms with van der Waals surface area (Å²) in [7, 11) is 3.46. The van der Waals surface area contributed by atoms with Gasteiger partial charge in [0.1, 0.15) is 5.65 Å². The maximum Gasteiger partial charge on any atom is 0.329 e. The van der Waals surface area contributed by atoms with Crippen LogP contribution in [0.15, 0.2) is 41.5 Å². The topological polar surface area (TPSA) is 112 Å². The first kappa shape index (κ1) is 27.3. The quantitative estimate of drug-likeness (QED) is 0.312. The van der Waals surface area contributed by atoms with Gasteiger partial charge in [0.15, 0.2) is 0 Å². The minimum atomic E-state index is -0.579. The van der Waals surface area contributed by atoms with E-state index < -0.39 is 11.5 Å². The highest BCUT2D eigenvalue weighted by atomic mass is 19.1. The number of imidazole rings is 1. The van der Waals surface area contributed by atoms with Crippen molar-refractivity contribution in [3.63, 3.8) is 0 Å². The van der Waals surface area contributed by atoms with Gasteiger partial charge in [-0.05, 0) is 63.0 Å². The Morgan fingerprint density at radius 3 is 2.70 bits per heavy atom. The number of nitrogens with zero attached hydrogens (tertiary/aromatic N) is 5. The fraction of sp³-hybridized carbons (Fsp3) is 0.455. The number of hydrogen-bond donors (Lipinski definition) is 2. The molecule has 4 aromatic heterocycles. The second kappa shape index (κ2) is 9.88. The Kier molecular flexibility index (Phi) is 6.13. The van der Waals surface area contributed by atoms with Crippen molar-refractivity contribution >= 4 is 28.0 Å². The van der Waals surface area contributed by atoms with Gasteiger partial charge in [-0.1, -0.05) is 24.3 Å². The van der Waals surface area contributed by atoms with E-state index in [4.69, 9.17) is 9.72 Å². The van der Waals surface area contributed by atoms with Crippen LogP contribution in [0.3, 0.4) is 0 Å². The van der Waals surface area contributed by atoms with Gasteiger partial charge in [0.05, 0.1) is 45.5 Å². The predicted molar refractivity (Wildman–Crippen MR) is 165 cm³/mol. The number of carbonyl (C=O) groups is 1. The number of ether oxygens (including phenoxy) is 1. The Hall–Kier alpha value is -4.25. The summed E-state index contributed by atoms with van der Waals surface area (Å²) in [5.74, 6) is -0.376. The third-order valence-electron chi connectivity index (χ3n) is 10.0. The molecular formula is C33H36FN7O3. The lowest BCUT2D eigenvalue weighted by Crippen LogP contribution is -2.59. The number of hydrogen-bond acceptors (Lipinski definition) is 5. The second-order valence-corrected chi connectivity index (χ2v) is 13.1.